The Bertz CT molecular complexity index is 618. The Morgan fingerprint density at radius 2 is 2.00 bits per heavy atom. The van der Waals surface area contributed by atoms with Crippen LogP contribution in [0.25, 0.3) is 0 Å². The Labute approximate surface area is 118 Å². The summed E-state index contributed by atoms with van der Waals surface area (Å²) in [6, 6.07) is 9.92. The molecule has 0 spiro atoms. The van der Waals surface area contributed by atoms with Crippen molar-refractivity contribution in [1.29, 1.82) is 0 Å². The van der Waals surface area contributed by atoms with Gasteiger partial charge in [-0.2, -0.15) is 0 Å². The third kappa shape index (κ3) is 3.02. The molecule has 0 unspecified atom stereocenters. The van der Waals surface area contributed by atoms with Crippen molar-refractivity contribution < 1.29 is 4.79 Å². The summed E-state index contributed by atoms with van der Waals surface area (Å²) in [5.41, 5.74) is 3.74. The Morgan fingerprint density at radius 3 is 2.70 bits per heavy atom. The molecule has 1 aliphatic rings. The number of aromatic nitrogens is 2. The fourth-order valence-electron chi connectivity index (χ4n) is 2.08. The molecule has 1 aromatic heterocycles. The molecule has 1 N–H and O–H groups in total. The van der Waals surface area contributed by atoms with Crippen LogP contribution in [0, 0.1) is 6.92 Å². The summed E-state index contributed by atoms with van der Waals surface area (Å²) in [4.78, 5) is 20.4. The molecule has 4 nitrogen and oxygen atoms in total. The number of nitrogens with one attached hydrogen (secondary N) is 1. The molecule has 1 amide bonds. The van der Waals surface area contributed by atoms with Crippen molar-refractivity contribution in [2.75, 3.05) is 0 Å². The standard InChI is InChI=1S/C16H17N3O/c1-11-2-4-12(5-3-11)9-17-16(20)15-8-14(13-6-7-13)18-10-19-15/h2-5,8,10,13H,6-7,9H2,1H3,(H,17,20). The zero-order valence-electron chi connectivity index (χ0n) is 11.5. The molecule has 0 aliphatic heterocycles. The zero-order valence-corrected chi connectivity index (χ0v) is 11.5. The predicted molar refractivity (Wildman–Crippen MR) is 76.4 cm³/mol. The van der Waals surface area contributed by atoms with Gasteiger partial charge in [0.2, 0.25) is 0 Å². The van der Waals surface area contributed by atoms with Crippen molar-refractivity contribution in [3.8, 4) is 0 Å². The first-order valence-electron chi connectivity index (χ1n) is 6.88. The lowest BCUT2D eigenvalue weighted by Crippen LogP contribution is -2.24. The van der Waals surface area contributed by atoms with Crippen LogP contribution in [0.2, 0.25) is 0 Å². The fourth-order valence-corrected chi connectivity index (χ4v) is 2.08. The van der Waals surface area contributed by atoms with E-state index in [0.717, 1.165) is 11.3 Å². The number of rotatable bonds is 4. The summed E-state index contributed by atoms with van der Waals surface area (Å²) in [6.07, 6.45) is 3.82. The maximum Gasteiger partial charge on any atom is 0.270 e. The van der Waals surface area contributed by atoms with Gasteiger partial charge in [0.1, 0.15) is 12.0 Å². The first kappa shape index (κ1) is 12.8. The van der Waals surface area contributed by atoms with E-state index in [1.165, 1.54) is 24.7 Å². The van der Waals surface area contributed by atoms with Gasteiger partial charge in [-0.15, -0.1) is 0 Å². The Morgan fingerprint density at radius 1 is 1.25 bits per heavy atom. The van der Waals surface area contributed by atoms with Crippen LogP contribution in [0.5, 0.6) is 0 Å². The number of carbonyl (C=O) groups excluding carboxylic acids is 1. The SMILES string of the molecule is Cc1ccc(CNC(=O)c2cc(C3CC3)ncn2)cc1. The highest BCUT2D eigenvalue weighted by molar-refractivity contribution is 5.92. The molecule has 20 heavy (non-hydrogen) atoms. The van der Waals surface area contributed by atoms with Crippen LogP contribution in [0.4, 0.5) is 0 Å². The van der Waals surface area contributed by atoms with Gasteiger partial charge in [-0.25, -0.2) is 9.97 Å². The highest BCUT2D eigenvalue weighted by atomic mass is 16.1. The van der Waals surface area contributed by atoms with Crippen LogP contribution in [0.1, 0.15) is 46.1 Å². The lowest BCUT2D eigenvalue weighted by molar-refractivity contribution is 0.0945. The van der Waals surface area contributed by atoms with E-state index < -0.39 is 0 Å². The number of hydrogen-bond donors (Lipinski definition) is 1. The second-order valence-electron chi connectivity index (χ2n) is 5.27. The molecule has 4 heteroatoms. The van der Waals surface area contributed by atoms with E-state index in [1.54, 1.807) is 0 Å². The van der Waals surface area contributed by atoms with Gasteiger partial charge in [0.05, 0.1) is 0 Å². The van der Waals surface area contributed by atoms with E-state index in [4.69, 9.17) is 0 Å². The Kier molecular flexibility index (Phi) is 3.46. The number of benzene rings is 1. The maximum atomic E-state index is 12.1. The van der Waals surface area contributed by atoms with Crippen LogP contribution in [-0.2, 0) is 6.54 Å². The predicted octanol–water partition coefficient (Wildman–Crippen LogP) is 2.59. The normalized spacial score (nSPS) is 14.1. The van der Waals surface area contributed by atoms with Gasteiger partial charge in [0.25, 0.3) is 5.91 Å². The van der Waals surface area contributed by atoms with Crippen LogP contribution in [0.3, 0.4) is 0 Å². The molecule has 0 bridgehead atoms. The van der Waals surface area contributed by atoms with Crippen molar-refractivity contribution in [2.45, 2.75) is 32.2 Å². The summed E-state index contributed by atoms with van der Waals surface area (Å²) in [5, 5.41) is 2.89. The summed E-state index contributed by atoms with van der Waals surface area (Å²) < 4.78 is 0. The lowest BCUT2D eigenvalue weighted by atomic mass is 10.1. The maximum absolute atomic E-state index is 12.1. The van der Waals surface area contributed by atoms with Crippen molar-refractivity contribution in [3.05, 3.63) is 59.2 Å². The molecule has 0 atom stereocenters. The van der Waals surface area contributed by atoms with Gasteiger partial charge in [0.15, 0.2) is 0 Å². The third-order valence-electron chi connectivity index (χ3n) is 3.49. The number of hydrogen-bond acceptors (Lipinski definition) is 3. The van der Waals surface area contributed by atoms with Gasteiger partial charge in [-0.3, -0.25) is 4.79 Å². The first-order chi connectivity index (χ1) is 9.72. The van der Waals surface area contributed by atoms with E-state index in [-0.39, 0.29) is 5.91 Å². The minimum absolute atomic E-state index is 0.144. The van der Waals surface area contributed by atoms with Crippen LogP contribution in [0.15, 0.2) is 36.7 Å². The van der Waals surface area contributed by atoms with Crippen molar-refractivity contribution in [3.63, 3.8) is 0 Å². The summed E-state index contributed by atoms with van der Waals surface area (Å²) in [5.74, 6) is 0.386. The van der Waals surface area contributed by atoms with E-state index in [2.05, 4.69) is 15.3 Å². The molecule has 102 valence electrons. The van der Waals surface area contributed by atoms with Crippen LogP contribution < -0.4 is 5.32 Å². The molecular formula is C16H17N3O. The molecule has 3 rings (SSSR count). The van der Waals surface area contributed by atoms with Gasteiger partial charge in [-0.05, 0) is 31.4 Å². The summed E-state index contributed by atoms with van der Waals surface area (Å²) in [7, 11) is 0. The summed E-state index contributed by atoms with van der Waals surface area (Å²) in [6.45, 7) is 2.56. The Hall–Kier alpha value is -2.23. The topological polar surface area (TPSA) is 54.9 Å². The molecule has 0 saturated heterocycles. The third-order valence-corrected chi connectivity index (χ3v) is 3.49. The average molecular weight is 267 g/mol. The van der Waals surface area contributed by atoms with E-state index in [9.17, 15) is 4.79 Å². The van der Waals surface area contributed by atoms with Gasteiger partial charge in [-0.1, -0.05) is 29.8 Å². The largest absolute Gasteiger partial charge is 0.347 e. The number of carbonyl (C=O) groups is 1. The van der Waals surface area contributed by atoms with E-state index in [1.807, 2.05) is 37.3 Å². The molecule has 1 saturated carbocycles. The lowest BCUT2D eigenvalue weighted by Gasteiger charge is -2.06. The second-order valence-corrected chi connectivity index (χ2v) is 5.27. The monoisotopic (exact) mass is 267 g/mol. The highest BCUT2D eigenvalue weighted by Gasteiger charge is 2.25. The highest BCUT2D eigenvalue weighted by Crippen LogP contribution is 2.38. The zero-order chi connectivity index (χ0) is 13.9. The molecule has 0 radical (unpaired) electrons. The molecule has 1 aromatic carbocycles. The first-order valence-corrected chi connectivity index (χ1v) is 6.88. The van der Waals surface area contributed by atoms with Crippen molar-refractivity contribution >= 4 is 5.91 Å². The molecule has 1 aliphatic carbocycles. The van der Waals surface area contributed by atoms with Crippen molar-refractivity contribution in [1.82, 2.24) is 15.3 Å². The number of amides is 1. The average Bonchev–Trinajstić information content (AvgIpc) is 3.31. The molecule has 1 fully saturated rings. The van der Waals surface area contributed by atoms with Gasteiger partial charge < -0.3 is 5.32 Å². The Balaban J connectivity index is 1.63. The minimum atomic E-state index is -0.144. The van der Waals surface area contributed by atoms with E-state index in [0.29, 0.717) is 18.2 Å². The quantitative estimate of drug-likeness (QED) is 0.926. The van der Waals surface area contributed by atoms with E-state index >= 15 is 0 Å². The van der Waals surface area contributed by atoms with Crippen LogP contribution >= 0.6 is 0 Å². The smallest absolute Gasteiger partial charge is 0.270 e. The van der Waals surface area contributed by atoms with Crippen LogP contribution in [-0.4, -0.2) is 15.9 Å². The molecular weight excluding hydrogens is 250 g/mol. The second kappa shape index (κ2) is 5.41. The fraction of sp³-hybridized carbons (Fsp3) is 0.312. The molecule has 2 aromatic rings. The number of aryl methyl sites for hydroxylation is 1. The number of nitrogens with zero attached hydrogens (tertiary/aromatic N) is 2. The van der Waals surface area contributed by atoms with Gasteiger partial charge >= 0.3 is 0 Å². The van der Waals surface area contributed by atoms with Crippen molar-refractivity contribution in [2.24, 2.45) is 0 Å². The summed E-state index contributed by atoms with van der Waals surface area (Å²) >= 11 is 0. The van der Waals surface area contributed by atoms with Gasteiger partial charge in [0, 0.05) is 18.2 Å². The molecule has 1 heterocycles. The minimum Gasteiger partial charge on any atom is -0.347 e.